The summed E-state index contributed by atoms with van der Waals surface area (Å²) < 4.78 is 0. The number of carbonyl (C=O) groups excluding carboxylic acids is 2. The van der Waals surface area contributed by atoms with Crippen molar-refractivity contribution in [2.75, 3.05) is 11.9 Å². The number of rotatable bonds is 4. The lowest BCUT2D eigenvalue weighted by molar-refractivity contribution is -0.118. The van der Waals surface area contributed by atoms with Gasteiger partial charge in [-0.1, -0.05) is 24.8 Å². The largest absolute Gasteiger partial charge is 0.315 e. The maximum Gasteiger partial charge on any atom is 0.231 e. The molecule has 0 aromatic heterocycles. The van der Waals surface area contributed by atoms with E-state index in [1.165, 1.54) is 4.90 Å². The first-order valence-electron chi connectivity index (χ1n) is 4.59. The summed E-state index contributed by atoms with van der Waals surface area (Å²) in [5.74, 6) is -0.140. The van der Waals surface area contributed by atoms with Gasteiger partial charge in [-0.15, -0.1) is 0 Å². The molecule has 0 fully saturated rings. The van der Waals surface area contributed by atoms with E-state index in [-0.39, 0.29) is 12.3 Å². The molecule has 0 radical (unpaired) electrons. The van der Waals surface area contributed by atoms with Crippen molar-refractivity contribution in [3.8, 4) is 0 Å². The highest BCUT2D eigenvalue weighted by atomic mass is 16.2. The van der Waals surface area contributed by atoms with Gasteiger partial charge in [0.1, 0.15) is 6.29 Å². The summed E-state index contributed by atoms with van der Waals surface area (Å²) >= 11 is 0. The fraction of sp³-hybridized carbons (Fsp3) is 0.167. The zero-order valence-electron chi connectivity index (χ0n) is 8.64. The quantitative estimate of drug-likeness (QED) is 0.552. The summed E-state index contributed by atoms with van der Waals surface area (Å²) in [7, 11) is 1.68. The zero-order valence-corrected chi connectivity index (χ0v) is 8.64. The van der Waals surface area contributed by atoms with Gasteiger partial charge in [-0.3, -0.25) is 9.59 Å². The lowest BCUT2D eigenvalue weighted by Gasteiger charge is -2.16. The Morgan fingerprint density at radius 1 is 1.40 bits per heavy atom. The van der Waals surface area contributed by atoms with Gasteiger partial charge in [0.05, 0.1) is 6.42 Å². The first-order chi connectivity index (χ1) is 7.15. The Balaban J connectivity index is 2.69. The average Bonchev–Trinajstić information content (AvgIpc) is 2.29. The molecule has 0 aliphatic carbocycles. The predicted molar refractivity (Wildman–Crippen MR) is 59.7 cm³/mol. The molecule has 1 aromatic rings. The van der Waals surface area contributed by atoms with Crippen LogP contribution in [0.4, 0.5) is 5.69 Å². The molecule has 0 N–H and O–H groups in total. The molecule has 0 unspecified atom stereocenters. The molecule has 0 aliphatic heterocycles. The Hall–Kier alpha value is -1.90. The summed E-state index contributed by atoms with van der Waals surface area (Å²) in [6, 6.07) is 9.26. The SMILES string of the molecule is C=C(C=O)CC(=O)N(C)c1ccccc1. The third-order valence-corrected chi connectivity index (χ3v) is 2.06. The highest BCUT2D eigenvalue weighted by Gasteiger charge is 2.11. The van der Waals surface area contributed by atoms with Crippen molar-refractivity contribution in [2.45, 2.75) is 6.42 Å². The average molecular weight is 203 g/mol. The van der Waals surface area contributed by atoms with E-state index < -0.39 is 0 Å². The summed E-state index contributed by atoms with van der Waals surface area (Å²) in [4.78, 5) is 23.5. The topological polar surface area (TPSA) is 37.4 Å². The van der Waals surface area contributed by atoms with Crippen LogP contribution in [0.15, 0.2) is 42.5 Å². The molecule has 0 aliphatic rings. The van der Waals surface area contributed by atoms with Crippen LogP contribution in [0, 0.1) is 0 Å². The second-order valence-corrected chi connectivity index (χ2v) is 3.24. The monoisotopic (exact) mass is 203 g/mol. The first kappa shape index (κ1) is 11.2. The molecule has 1 aromatic carbocycles. The minimum absolute atomic E-state index is 0.0644. The summed E-state index contributed by atoms with van der Waals surface area (Å²) in [6.45, 7) is 3.47. The Morgan fingerprint density at radius 2 is 2.00 bits per heavy atom. The Labute approximate surface area is 89.0 Å². The van der Waals surface area contributed by atoms with Crippen LogP contribution in [0.1, 0.15) is 6.42 Å². The van der Waals surface area contributed by atoms with Crippen LogP contribution in [-0.2, 0) is 9.59 Å². The van der Waals surface area contributed by atoms with E-state index in [2.05, 4.69) is 6.58 Å². The molecular formula is C12H13NO2. The maximum absolute atomic E-state index is 11.6. The molecule has 0 atom stereocenters. The van der Waals surface area contributed by atoms with Gasteiger partial charge in [0.25, 0.3) is 0 Å². The van der Waals surface area contributed by atoms with E-state index in [1.54, 1.807) is 7.05 Å². The van der Waals surface area contributed by atoms with Crippen molar-refractivity contribution in [3.63, 3.8) is 0 Å². The third kappa shape index (κ3) is 3.06. The number of carbonyl (C=O) groups is 2. The van der Waals surface area contributed by atoms with Crippen LogP contribution in [0.2, 0.25) is 0 Å². The molecule has 78 valence electrons. The molecule has 0 bridgehead atoms. The van der Waals surface area contributed by atoms with E-state index in [4.69, 9.17) is 0 Å². The minimum Gasteiger partial charge on any atom is -0.315 e. The third-order valence-electron chi connectivity index (χ3n) is 2.06. The van der Waals surface area contributed by atoms with Crippen LogP contribution in [0.25, 0.3) is 0 Å². The van der Waals surface area contributed by atoms with Crippen molar-refractivity contribution in [2.24, 2.45) is 0 Å². The maximum atomic E-state index is 11.6. The smallest absolute Gasteiger partial charge is 0.231 e. The second kappa shape index (κ2) is 5.10. The number of anilines is 1. The molecule has 1 amide bonds. The summed E-state index contributed by atoms with van der Waals surface area (Å²) in [5.41, 5.74) is 1.10. The van der Waals surface area contributed by atoms with E-state index in [1.807, 2.05) is 30.3 Å². The van der Waals surface area contributed by atoms with Crippen LogP contribution in [0.5, 0.6) is 0 Å². The van der Waals surface area contributed by atoms with Crippen molar-refractivity contribution in [1.82, 2.24) is 0 Å². The highest BCUT2D eigenvalue weighted by molar-refractivity contribution is 5.97. The molecule has 0 spiro atoms. The van der Waals surface area contributed by atoms with E-state index in [0.29, 0.717) is 11.9 Å². The number of amides is 1. The van der Waals surface area contributed by atoms with Gasteiger partial charge < -0.3 is 4.90 Å². The standard InChI is InChI=1S/C12H13NO2/c1-10(9-14)8-12(15)13(2)11-6-4-3-5-7-11/h3-7,9H,1,8H2,2H3. The minimum atomic E-state index is -0.140. The van der Waals surface area contributed by atoms with Gasteiger partial charge in [0, 0.05) is 12.7 Å². The molecule has 0 saturated heterocycles. The van der Waals surface area contributed by atoms with Gasteiger partial charge in [0.2, 0.25) is 5.91 Å². The Bertz CT molecular complexity index is 370. The van der Waals surface area contributed by atoms with Crippen LogP contribution < -0.4 is 4.90 Å². The number of hydrogen-bond donors (Lipinski definition) is 0. The number of benzene rings is 1. The van der Waals surface area contributed by atoms with Gasteiger partial charge in [-0.25, -0.2) is 0 Å². The van der Waals surface area contributed by atoms with E-state index in [0.717, 1.165) is 5.69 Å². The fourth-order valence-electron chi connectivity index (χ4n) is 1.15. The van der Waals surface area contributed by atoms with Gasteiger partial charge >= 0.3 is 0 Å². The van der Waals surface area contributed by atoms with Crippen molar-refractivity contribution >= 4 is 17.9 Å². The number of aldehydes is 1. The highest BCUT2D eigenvalue weighted by Crippen LogP contribution is 2.12. The molecule has 15 heavy (non-hydrogen) atoms. The molecule has 1 rings (SSSR count). The Kier molecular flexibility index (Phi) is 3.80. The van der Waals surface area contributed by atoms with Crippen molar-refractivity contribution in [1.29, 1.82) is 0 Å². The Morgan fingerprint density at radius 3 is 2.53 bits per heavy atom. The first-order valence-corrected chi connectivity index (χ1v) is 4.59. The predicted octanol–water partition coefficient (Wildman–Crippen LogP) is 1.79. The lowest BCUT2D eigenvalue weighted by atomic mass is 10.2. The lowest BCUT2D eigenvalue weighted by Crippen LogP contribution is -2.26. The molecule has 0 heterocycles. The van der Waals surface area contributed by atoms with Crippen molar-refractivity contribution in [3.05, 3.63) is 42.5 Å². The van der Waals surface area contributed by atoms with Gasteiger partial charge in [0.15, 0.2) is 0 Å². The summed E-state index contributed by atoms with van der Waals surface area (Å²) in [5, 5.41) is 0. The normalized spacial score (nSPS) is 9.40. The molecular weight excluding hydrogens is 190 g/mol. The summed E-state index contributed by atoms with van der Waals surface area (Å²) in [6.07, 6.45) is 0.672. The fourth-order valence-corrected chi connectivity index (χ4v) is 1.15. The molecule has 3 nitrogen and oxygen atoms in total. The second-order valence-electron chi connectivity index (χ2n) is 3.24. The molecule has 0 saturated carbocycles. The zero-order chi connectivity index (χ0) is 11.3. The number of hydrogen-bond acceptors (Lipinski definition) is 2. The van der Waals surface area contributed by atoms with Gasteiger partial charge in [-0.05, 0) is 17.7 Å². The van der Waals surface area contributed by atoms with E-state index >= 15 is 0 Å². The van der Waals surface area contributed by atoms with Crippen molar-refractivity contribution < 1.29 is 9.59 Å². The number of nitrogens with zero attached hydrogens (tertiary/aromatic N) is 1. The van der Waals surface area contributed by atoms with Crippen LogP contribution in [0.3, 0.4) is 0 Å². The van der Waals surface area contributed by atoms with Crippen LogP contribution >= 0.6 is 0 Å². The van der Waals surface area contributed by atoms with E-state index in [9.17, 15) is 9.59 Å². The van der Waals surface area contributed by atoms with Crippen LogP contribution in [-0.4, -0.2) is 19.2 Å². The molecule has 3 heteroatoms. The number of para-hydroxylation sites is 1. The van der Waals surface area contributed by atoms with Gasteiger partial charge in [-0.2, -0.15) is 0 Å².